The summed E-state index contributed by atoms with van der Waals surface area (Å²) < 4.78 is 10.7. The van der Waals surface area contributed by atoms with Crippen molar-refractivity contribution >= 4 is 11.8 Å². The number of ether oxygens (including phenoxy) is 2. The van der Waals surface area contributed by atoms with Gasteiger partial charge in [0.1, 0.15) is 5.75 Å². The molecule has 1 aliphatic rings. The van der Waals surface area contributed by atoms with Gasteiger partial charge < -0.3 is 14.4 Å². The summed E-state index contributed by atoms with van der Waals surface area (Å²) in [6.45, 7) is 10.7. The van der Waals surface area contributed by atoms with Crippen LogP contribution in [0.2, 0.25) is 0 Å². The van der Waals surface area contributed by atoms with Crippen molar-refractivity contribution in [2.24, 2.45) is 0 Å². The summed E-state index contributed by atoms with van der Waals surface area (Å²) in [5.41, 5.74) is 2.08. The van der Waals surface area contributed by atoms with E-state index in [1.165, 1.54) is 5.56 Å². The molecule has 2 aromatic rings. The van der Waals surface area contributed by atoms with Gasteiger partial charge in [0, 0.05) is 37.9 Å². The molecule has 6 nitrogen and oxygen atoms in total. The molecule has 6 heteroatoms. The normalized spacial score (nSPS) is 17.3. The Balaban J connectivity index is 1.27. The lowest BCUT2D eigenvalue weighted by atomic mass is 10.1. The molecule has 1 atom stereocenters. The van der Waals surface area contributed by atoms with E-state index in [0.29, 0.717) is 24.9 Å². The van der Waals surface area contributed by atoms with Gasteiger partial charge in [-0.05, 0) is 63.1 Å². The predicted molar refractivity (Wildman–Crippen MR) is 125 cm³/mol. The minimum Gasteiger partial charge on any atom is -0.494 e. The zero-order valence-electron chi connectivity index (χ0n) is 18.8. The van der Waals surface area contributed by atoms with Crippen molar-refractivity contribution in [1.29, 1.82) is 0 Å². The molecule has 1 amide bonds. The second-order valence-electron chi connectivity index (χ2n) is 8.03. The number of nitrogens with zero attached hydrogens (tertiary/aromatic N) is 2. The summed E-state index contributed by atoms with van der Waals surface area (Å²) >= 11 is 0. The fourth-order valence-electron chi connectivity index (χ4n) is 3.88. The fourth-order valence-corrected chi connectivity index (χ4v) is 3.88. The fraction of sp³-hybridized carbons (Fsp3) is 0.480. The van der Waals surface area contributed by atoms with Crippen LogP contribution in [0.3, 0.4) is 0 Å². The van der Waals surface area contributed by atoms with Crippen molar-refractivity contribution in [1.82, 2.24) is 9.80 Å². The highest BCUT2D eigenvalue weighted by Crippen LogP contribution is 2.16. The Morgan fingerprint density at radius 1 is 1.06 bits per heavy atom. The van der Waals surface area contributed by atoms with Gasteiger partial charge in [-0.1, -0.05) is 30.3 Å². The summed E-state index contributed by atoms with van der Waals surface area (Å²) in [7, 11) is 0. The second kappa shape index (κ2) is 12.3. The van der Waals surface area contributed by atoms with Crippen LogP contribution in [0.1, 0.15) is 32.3 Å². The molecule has 1 saturated heterocycles. The number of hydrogen-bond donors (Lipinski definition) is 1. The van der Waals surface area contributed by atoms with Gasteiger partial charge in [0.15, 0.2) is 0 Å². The zero-order chi connectivity index (χ0) is 21.9. The average molecular weight is 426 g/mol. The van der Waals surface area contributed by atoms with Crippen molar-refractivity contribution in [2.75, 3.05) is 44.7 Å². The summed E-state index contributed by atoms with van der Waals surface area (Å²) in [6, 6.07) is 18.5. The molecule has 1 aliphatic heterocycles. The third-order valence-electron chi connectivity index (χ3n) is 5.59. The van der Waals surface area contributed by atoms with Crippen LogP contribution in [-0.2, 0) is 11.3 Å². The Labute approximate surface area is 186 Å². The topological polar surface area (TPSA) is 54.0 Å². The van der Waals surface area contributed by atoms with Crippen LogP contribution in [-0.4, -0.2) is 61.3 Å². The Hall–Kier alpha value is -2.57. The number of nitrogens with one attached hydrogen (secondary N) is 1. The van der Waals surface area contributed by atoms with Gasteiger partial charge in [0.25, 0.3) is 0 Å². The van der Waals surface area contributed by atoms with Crippen LogP contribution in [0.25, 0.3) is 0 Å². The largest absolute Gasteiger partial charge is 0.494 e. The molecule has 0 radical (unpaired) electrons. The Morgan fingerprint density at radius 2 is 1.84 bits per heavy atom. The van der Waals surface area contributed by atoms with Crippen molar-refractivity contribution in [3.05, 3.63) is 60.2 Å². The van der Waals surface area contributed by atoms with Crippen LogP contribution in [0.4, 0.5) is 10.5 Å². The molecule has 0 spiro atoms. The zero-order valence-corrected chi connectivity index (χ0v) is 18.8. The monoisotopic (exact) mass is 425 g/mol. The van der Waals surface area contributed by atoms with Crippen LogP contribution in [0.15, 0.2) is 54.6 Å². The number of unbranched alkanes of at least 4 members (excludes halogenated alkanes) is 1. The van der Waals surface area contributed by atoms with Gasteiger partial charge in [-0.2, -0.15) is 0 Å². The third-order valence-corrected chi connectivity index (χ3v) is 5.59. The van der Waals surface area contributed by atoms with E-state index in [1.807, 2.05) is 31.2 Å². The summed E-state index contributed by atoms with van der Waals surface area (Å²) in [5.74, 6) is 0.789. The molecule has 0 bridgehead atoms. The molecule has 1 unspecified atom stereocenters. The minimum absolute atomic E-state index is 0.410. The van der Waals surface area contributed by atoms with Gasteiger partial charge >= 0.3 is 6.09 Å². The molecule has 1 heterocycles. The third kappa shape index (κ3) is 7.89. The SMILES string of the molecule is CCOc1ccc(NC(=O)OCCCCN2CCN(Cc3ccccc3)C(C)C2)cc1. The molecule has 3 rings (SSSR count). The molecule has 2 aromatic carbocycles. The number of amides is 1. The Bertz CT molecular complexity index is 782. The van der Waals surface area contributed by atoms with Gasteiger partial charge in [-0.25, -0.2) is 4.79 Å². The summed E-state index contributed by atoms with van der Waals surface area (Å²) in [6.07, 6.45) is 1.49. The van der Waals surface area contributed by atoms with Gasteiger partial charge in [0.05, 0.1) is 13.2 Å². The maximum atomic E-state index is 11.9. The standard InChI is InChI=1S/C25H35N3O3/c1-3-30-24-13-11-23(12-14-24)26-25(29)31-18-8-7-15-27-16-17-28(21(2)19-27)20-22-9-5-4-6-10-22/h4-6,9-14,21H,3,7-8,15-20H2,1-2H3,(H,26,29). The lowest BCUT2D eigenvalue weighted by Gasteiger charge is -2.40. The number of rotatable bonds is 10. The molecule has 168 valence electrons. The predicted octanol–water partition coefficient (Wildman–Crippen LogP) is 4.62. The first-order valence-electron chi connectivity index (χ1n) is 11.3. The van der Waals surface area contributed by atoms with Gasteiger partial charge in [-0.3, -0.25) is 10.2 Å². The van der Waals surface area contributed by atoms with Crippen LogP contribution in [0, 0.1) is 0 Å². The highest BCUT2D eigenvalue weighted by Gasteiger charge is 2.23. The average Bonchev–Trinajstić information content (AvgIpc) is 2.77. The quantitative estimate of drug-likeness (QED) is 0.563. The van der Waals surface area contributed by atoms with Crippen LogP contribution >= 0.6 is 0 Å². The van der Waals surface area contributed by atoms with Crippen molar-refractivity contribution in [3.63, 3.8) is 0 Å². The van der Waals surface area contributed by atoms with E-state index in [0.717, 1.165) is 51.3 Å². The van der Waals surface area contributed by atoms with E-state index in [4.69, 9.17) is 9.47 Å². The summed E-state index contributed by atoms with van der Waals surface area (Å²) in [5, 5.41) is 2.75. The summed E-state index contributed by atoms with van der Waals surface area (Å²) in [4.78, 5) is 17.0. The molecule has 0 saturated carbocycles. The van der Waals surface area contributed by atoms with Crippen molar-refractivity contribution in [3.8, 4) is 5.75 Å². The highest BCUT2D eigenvalue weighted by molar-refractivity contribution is 5.84. The first-order valence-corrected chi connectivity index (χ1v) is 11.3. The van der Waals surface area contributed by atoms with Crippen molar-refractivity contribution < 1.29 is 14.3 Å². The Kier molecular flexibility index (Phi) is 9.18. The van der Waals surface area contributed by atoms with E-state index in [-0.39, 0.29) is 0 Å². The van der Waals surface area contributed by atoms with E-state index in [9.17, 15) is 4.79 Å². The molecule has 31 heavy (non-hydrogen) atoms. The van der Waals surface area contributed by atoms with Crippen LogP contribution < -0.4 is 10.1 Å². The first kappa shape index (κ1) is 23.1. The number of carbonyl (C=O) groups excluding carboxylic acids is 1. The lowest BCUT2D eigenvalue weighted by molar-refractivity contribution is 0.0753. The van der Waals surface area contributed by atoms with Gasteiger partial charge in [0.2, 0.25) is 0 Å². The molecular formula is C25H35N3O3. The number of piperazine rings is 1. The first-order chi connectivity index (χ1) is 15.1. The van der Waals surface area contributed by atoms with E-state index in [1.54, 1.807) is 0 Å². The molecule has 0 aromatic heterocycles. The maximum Gasteiger partial charge on any atom is 0.411 e. The molecule has 1 fully saturated rings. The minimum atomic E-state index is -0.410. The maximum absolute atomic E-state index is 11.9. The van der Waals surface area contributed by atoms with Gasteiger partial charge in [-0.15, -0.1) is 0 Å². The highest BCUT2D eigenvalue weighted by atomic mass is 16.5. The lowest BCUT2D eigenvalue weighted by Crippen LogP contribution is -2.51. The van der Waals surface area contributed by atoms with E-state index in [2.05, 4.69) is 52.4 Å². The molecule has 1 N–H and O–H groups in total. The number of anilines is 1. The number of benzene rings is 2. The second-order valence-corrected chi connectivity index (χ2v) is 8.03. The molecular weight excluding hydrogens is 390 g/mol. The molecule has 0 aliphatic carbocycles. The van der Waals surface area contributed by atoms with Crippen LogP contribution in [0.5, 0.6) is 5.75 Å². The Morgan fingerprint density at radius 3 is 2.55 bits per heavy atom. The number of carbonyl (C=O) groups is 1. The smallest absolute Gasteiger partial charge is 0.411 e. The van der Waals surface area contributed by atoms with Crippen molar-refractivity contribution in [2.45, 2.75) is 39.3 Å². The van der Waals surface area contributed by atoms with E-state index < -0.39 is 6.09 Å². The number of hydrogen-bond acceptors (Lipinski definition) is 5. The van der Waals surface area contributed by atoms with E-state index >= 15 is 0 Å².